The molecule has 0 N–H and O–H groups in total. The van der Waals surface area contributed by atoms with Crippen LogP contribution in [0.4, 0.5) is 0 Å². The normalized spacial score (nSPS) is 43.0. The number of epoxide rings is 2. The van der Waals surface area contributed by atoms with Crippen LogP contribution in [-0.4, -0.2) is 50.8 Å². The largest absolute Gasteiger partial charge is 0.370 e. The van der Waals surface area contributed by atoms with Crippen LogP contribution in [0.15, 0.2) is 24.3 Å². The molecule has 4 aliphatic heterocycles. The van der Waals surface area contributed by atoms with Gasteiger partial charge in [-0.15, -0.1) is 0 Å². The maximum Gasteiger partial charge on any atom is 0.111 e. The van der Waals surface area contributed by atoms with E-state index in [4.69, 9.17) is 18.9 Å². The summed E-state index contributed by atoms with van der Waals surface area (Å²) in [5.41, 5.74) is 0. The van der Waals surface area contributed by atoms with E-state index in [1.54, 1.807) is 0 Å². The van der Waals surface area contributed by atoms with Crippen LogP contribution in [0.2, 0.25) is 0 Å². The van der Waals surface area contributed by atoms with Gasteiger partial charge in [0.1, 0.15) is 24.4 Å². The van der Waals surface area contributed by atoms with Gasteiger partial charge < -0.3 is 18.9 Å². The summed E-state index contributed by atoms with van der Waals surface area (Å²) in [4.78, 5) is 0. The van der Waals surface area contributed by atoms with E-state index in [9.17, 15) is 0 Å². The summed E-state index contributed by atoms with van der Waals surface area (Å²) >= 11 is 0. The van der Waals surface area contributed by atoms with Crippen LogP contribution in [0.3, 0.4) is 0 Å². The van der Waals surface area contributed by atoms with Crippen LogP contribution in [0.1, 0.15) is 0 Å². The summed E-state index contributed by atoms with van der Waals surface area (Å²) < 4.78 is 20.5. The van der Waals surface area contributed by atoms with Crippen molar-refractivity contribution in [2.75, 3.05) is 26.4 Å². The standard InChI is InChI=1S/2C6H8O2/c2*1-2-5(7-3-1)6-4-8-6/h2*1-2,5-6H,3-4H2/t5-,6+;5-,6-/m00/s1. The van der Waals surface area contributed by atoms with Crippen LogP contribution in [0.25, 0.3) is 0 Å². The molecule has 4 nitrogen and oxygen atoms in total. The molecule has 4 rings (SSSR count). The molecule has 4 heterocycles. The molecule has 0 radical (unpaired) electrons. The molecule has 2 fully saturated rings. The van der Waals surface area contributed by atoms with Crippen LogP contribution < -0.4 is 0 Å². The van der Waals surface area contributed by atoms with Gasteiger partial charge in [-0.2, -0.15) is 0 Å². The maximum absolute atomic E-state index is 5.24. The molecule has 0 aromatic carbocycles. The molecule has 4 aliphatic rings. The Morgan fingerprint density at radius 2 is 1.12 bits per heavy atom. The summed E-state index contributed by atoms with van der Waals surface area (Å²) in [6, 6.07) is 0. The van der Waals surface area contributed by atoms with E-state index in [0.29, 0.717) is 12.2 Å². The van der Waals surface area contributed by atoms with Gasteiger partial charge in [0.2, 0.25) is 0 Å². The quantitative estimate of drug-likeness (QED) is 0.511. The molecule has 4 heteroatoms. The van der Waals surface area contributed by atoms with Crippen molar-refractivity contribution < 1.29 is 18.9 Å². The first-order valence-corrected chi connectivity index (χ1v) is 5.73. The third-order valence-corrected chi connectivity index (χ3v) is 2.87. The summed E-state index contributed by atoms with van der Waals surface area (Å²) in [5.74, 6) is 0. The van der Waals surface area contributed by atoms with Gasteiger partial charge in [-0.05, 0) is 0 Å². The van der Waals surface area contributed by atoms with Gasteiger partial charge in [0.25, 0.3) is 0 Å². The summed E-state index contributed by atoms with van der Waals surface area (Å²) in [7, 11) is 0. The first-order chi connectivity index (χ1) is 7.93. The van der Waals surface area contributed by atoms with Crippen LogP contribution >= 0.6 is 0 Å². The monoisotopic (exact) mass is 224 g/mol. The number of hydrogen-bond donors (Lipinski definition) is 0. The Balaban J connectivity index is 0.000000101. The lowest BCUT2D eigenvalue weighted by atomic mass is 10.3. The van der Waals surface area contributed by atoms with Crippen molar-refractivity contribution in [3.63, 3.8) is 0 Å². The molecule has 2 saturated heterocycles. The summed E-state index contributed by atoms with van der Waals surface area (Å²) in [6.45, 7) is 3.30. The lowest BCUT2D eigenvalue weighted by molar-refractivity contribution is 0.103. The average Bonchev–Trinajstić information content (AvgIpc) is 3.24. The van der Waals surface area contributed by atoms with Gasteiger partial charge >= 0.3 is 0 Å². The second-order valence-corrected chi connectivity index (χ2v) is 4.20. The zero-order chi connectivity index (χ0) is 10.8. The highest BCUT2D eigenvalue weighted by atomic mass is 16.6. The maximum atomic E-state index is 5.24. The molecule has 0 aliphatic carbocycles. The van der Waals surface area contributed by atoms with Gasteiger partial charge in [0.05, 0.1) is 26.4 Å². The van der Waals surface area contributed by atoms with E-state index in [0.717, 1.165) is 26.4 Å². The number of rotatable bonds is 2. The zero-order valence-electron chi connectivity index (χ0n) is 9.08. The Hall–Kier alpha value is -0.680. The molecule has 0 unspecified atom stereocenters. The third-order valence-electron chi connectivity index (χ3n) is 2.87. The molecule has 0 amide bonds. The Labute approximate surface area is 94.8 Å². The fourth-order valence-corrected chi connectivity index (χ4v) is 1.78. The molecular weight excluding hydrogens is 208 g/mol. The predicted octanol–water partition coefficient (Wildman–Crippen LogP) is 0.680. The topological polar surface area (TPSA) is 43.5 Å². The van der Waals surface area contributed by atoms with Crippen molar-refractivity contribution in [3.05, 3.63) is 24.3 Å². The van der Waals surface area contributed by atoms with E-state index >= 15 is 0 Å². The van der Waals surface area contributed by atoms with E-state index in [-0.39, 0.29) is 12.2 Å². The van der Waals surface area contributed by atoms with E-state index < -0.39 is 0 Å². The molecule has 0 bridgehead atoms. The lowest BCUT2D eigenvalue weighted by Crippen LogP contribution is -2.11. The highest BCUT2D eigenvalue weighted by Gasteiger charge is 2.33. The van der Waals surface area contributed by atoms with E-state index in [1.165, 1.54) is 0 Å². The second-order valence-electron chi connectivity index (χ2n) is 4.20. The van der Waals surface area contributed by atoms with Gasteiger partial charge in [0.15, 0.2) is 0 Å². The minimum atomic E-state index is 0.273. The van der Waals surface area contributed by atoms with Gasteiger partial charge in [-0.25, -0.2) is 0 Å². The smallest absolute Gasteiger partial charge is 0.111 e. The second kappa shape index (κ2) is 4.67. The van der Waals surface area contributed by atoms with Crippen molar-refractivity contribution in [2.45, 2.75) is 24.4 Å². The lowest BCUT2D eigenvalue weighted by Gasteiger charge is -2.00. The number of hydrogen-bond acceptors (Lipinski definition) is 4. The van der Waals surface area contributed by atoms with Crippen molar-refractivity contribution in [3.8, 4) is 0 Å². The van der Waals surface area contributed by atoms with Crippen molar-refractivity contribution >= 4 is 0 Å². The minimum Gasteiger partial charge on any atom is -0.370 e. The summed E-state index contributed by atoms with van der Waals surface area (Å²) in [6.07, 6.45) is 9.51. The first-order valence-electron chi connectivity index (χ1n) is 5.73. The average molecular weight is 224 g/mol. The van der Waals surface area contributed by atoms with Gasteiger partial charge in [-0.1, -0.05) is 24.3 Å². The van der Waals surface area contributed by atoms with E-state index in [2.05, 4.69) is 12.2 Å². The fraction of sp³-hybridized carbons (Fsp3) is 0.667. The van der Waals surface area contributed by atoms with Crippen LogP contribution in [0.5, 0.6) is 0 Å². The fourth-order valence-electron chi connectivity index (χ4n) is 1.78. The third kappa shape index (κ3) is 2.71. The van der Waals surface area contributed by atoms with Crippen molar-refractivity contribution in [1.82, 2.24) is 0 Å². The first kappa shape index (κ1) is 10.5. The van der Waals surface area contributed by atoms with Crippen molar-refractivity contribution in [1.29, 1.82) is 0 Å². The molecular formula is C12H16O4. The highest BCUT2D eigenvalue weighted by molar-refractivity contribution is 5.03. The summed E-state index contributed by atoms with van der Waals surface area (Å²) in [5, 5.41) is 0. The van der Waals surface area contributed by atoms with Crippen LogP contribution in [0, 0.1) is 0 Å². The molecule has 0 saturated carbocycles. The number of ether oxygens (including phenoxy) is 4. The Kier molecular flexibility index (Phi) is 3.06. The highest BCUT2D eigenvalue weighted by Crippen LogP contribution is 2.21. The van der Waals surface area contributed by atoms with Crippen LogP contribution in [-0.2, 0) is 18.9 Å². The predicted molar refractivity (Wildman–Crippen MR) is 57.2 cm³/mol. The molecule has 0 aromatic rings. The SMILES string of the molecule is C1=C[C@@H]([C@@H]2CO2)OC1.C1=C[C@@H]([C@H]2CO2)OC1. The van der Waals surface area contributed by atoms with E-state index in [1.807, 2.05) is 12.2 Å². The Morgan fingerprint density at radius 3 is 1.38 bits per heavy atom. The molecule has 88 valence electrons. The molecule has 4 atom stereocenters. The van der Waals surface area contributed by atoms with Gasteiger partial charge in [0, 0.05) is 0 Å². The Bertz CT molecular complexity index is 261. The molecule has 16 heavy (non-hydrogen) atoms. The molecule has 0 spiro atoms. The molecule has 0 aromatic heterocycles. The Morgan fingerprint density at radius 1 is 0.688 bits per heavy atom. The van der Waals surface area contributed by atoms with Gasteiger partial charge in [-0.3, -0.25) is 0 Å². The minimum absolute atomic E-state index is 0.273. The zero-order valence-corrected chi connectivity index (χ0v) is 9.08. The van der Waals surface area contributed by atoms with Crippen molar-refractivity contribution in [2.24, 2.45) is 0 Å².